The summed E-state index contributed by atoms with van der Waals surface area (Å²) in [7, 11) is 0. The summed E-state index contributed by atoms with van der Waals surface area (Å²) >= 11 is 1.39. The first-order chi connectivity index (χ1) is 17.1. The number of carbonyl (C=O) groups is 2. The monoisotopic (exact) mass is 485 g/mol. The maximum atomic E-state index is 13.1. The quantitative estimate of drug-likeness (QED) is 0.443. The molecule has 0 radical (unpaired) electrons. The summed E-state index contributed by atoms with van der Waals surface area (Å²) in [5, 5.41) is 3.46. The lowest BCUT2D eigenvalue weighted by molar-refractivity contribution is 0.00854. The first-order valence-corrected chi connectivity index (χ1v) is 12.8. The molecule has 4 heterocycles. The molecule has 0 saturated carbocycles. The van der Waals surface area contributed by atoms with Crippen LogP contribution in [0.4, 0.5) is 0 Å². The Balaban J connectivity index is 1.06. The first-order valence-electron chi connectivity index (χ1n) is 12.0. The van der Waals surface area contributed by atoms with Crippen molar-refractivity contribution in [1.82, 2.24) is 24.3 Å². The molecule has 8 heteroatoms. The minimum atomic E-state index is 0.0247. The number of carbonyl (C=O) groups excluding carboxylic acids is 2. The van der Waals surface area contributed by atoms with Gasteiger partial charge in [0.2, 0.25) is 0 Å². The van der Waals surface area contributed by atoms with Crippen LogP contribution in [-0.4, -0.2) is 81.4 Å². The van der Waals surface area contributed by atoms with Crippen molar-refractivity contribution in [3.8, 4) is 5.69 Å². The molecule has 7 nitrogen and oxygen atoms in total. The van der Waals surface area contributed by atoms with E-state index >= 15 is 0 Å². The second-order valence-corrected chi connectivity index (χ2v) is 10.2. The number of likely N-dealkylation sites (tertiary alicyclic amines) is 1. The van der Waals surface area contributed by atoms with Gasteiger partial charge in [0.15, 0.2) is 5.01 Å². The third-order valence-corrected chi connectivity index (χ3v) is 7.89. The largest absolute Gasteiger partial charge is 0.335 e. The van der Waals surface area contributed by atoms with Gasteiger partial charge >= 0.3 is 0 Å². The molecule has 0 N–H and O–H groups in total. The number of rotatable bonds is 4. The van der Waals surface area contributed by atoms with Crippen molar-refractivity contribution in [2.45, 2.75) is 13.0 Å². The number of fused-ring (bicyclic) bond motifs is 1. The Labute approximate surface area is 208 Å². The van der Waals surface area contributed by atoms with Gasteiger partial charge in [-0.15, -0.1) is 11.3 Å². The molecular formula is C27H27N5O2S. The van der Waals surface area contributed by atoms with Gasteiger partial charge in [-0.05, 0) is 43.3 Å². The van der Waals surface area contributed by atoms with Crippen LogP contribution in [-0.2, 0) is 0 Å². The summed E-state index contributed by atoms with van der Waals surface area (Å²) < 4.78 is 2.15. The number of nitrogens with zero attached hydrogens (tertiary/aromatic N) is 5. The van der Waals surface area contributed by atoms with Gasteiger partial charge in [-0.3, -0.25) is 14.5 Å². The van der Waals surface area contributed by atoms with Gasteiger partial charge in [-0.25, -0.2) is 4.98 Å². The van der Waals surface area contributed by atoms with E-state index in [1.165, 1.54) is 16.9 Å². The van der Waals surface area contributed by atoms with Crippen LogP contribution >= 0.6 is 11.3 Å². The predicted octanol–water partition coefficient (Wildman–Crippen LogP) is 3.68. The molecule has 2 aromatic carbocycles. The van der Waals surface area contributed by atoms with Crippen LogP contribution in [0.3, 0.4) is 0 Å². The summed E-state index contributed by atoms with van der Waals surface area (Å²) in [6, 6.07) is 16.9. The lowest BCUT2D eigenvalue weighted by Crippen LogP contribution is -2.64. The van der Waals surface area contributed by atoms with E-state index in [0.717, 1.165) is 48.3 Å². The summed E-state index contributed by atoms with van der Waals surface area (Å²) in [6.07, 6.45) is 3.73. The molecule has 178 valence electrons. The van der Waals surface area contributed by atoms with Crippen LogP contribution in [0.25, 0.3) is 16.6 Å². The van der Waals surface area contributed by atoms with Crippen molar-refractivity contribution >= 4 is 34.1 Å². The smallest absolute Gasteiger partial charge is 0.282 e. The number of thiazole rings is 1. The first kappa shape index (κ1) is 22.0. The second-order valence-electron chi connectivity index (χ2n) is 9.32. The summed E-state index contributed by atoms with van der Waals surface area (Å²) in [6.45, 7) is 6.64. The lowest BCUT2D eigenvalue weighted by atomic mass is 10.0. The minimum Gasteiger partial charge on any atom is -0.335 e. The minimum absolute atomic E-state index is 0.0247. The molecule has 2 aromatic heterocycles. The Bertz CT molecular complexity index is 1360. The normalized spacial score (nSPS) is 17.1. The molecule has 2 aliphatic rings. The molecular weight excluding hydrogens is 458 g/mol. The van der Waals surface area contributed by atoms with Crippen LogP contribution in [0.1, 0.15) is 25.7 Å². The molecule has 2 amide bonds. The Hall–Kier alpha value is -3.49. The number of amides is 2. The fourth-order valence-electron chi connectivity index (χ4n) is 5.00. The number of hydrogen-bond acceptors (Lipinski definition) is 5. The number of aromatic nitrogens is 2. The molecule has 6 rings (SSSR count). The van der Waals surface area contributed by atoms with Gasteiger partial charge in [-0.2, -0.15) is 0 Å². The van der Waals surface area contributed by atoms with E-state index in [2.05, 4.69) is 57.9 Å². The van der Waals surface area contributed by atoms with Gasteiger partial charge in [0, 0.05) is 79.7 Å². The number of aryl methyl sites for hydroxylation is 1. The molecule has 0 unspecified atom stereocenters. The van der Waals surface area contributed by atoms with E-state index < -0.39 is 0 Å². The maximum Gasteiger partial charge on any atom is 0.282 e. The highest BCUT2D eigenvalue weighted by Gasteiger charge is 2.37. The summed E-state index contributed by atoms with van der Waals surface area (Å²) in [5.41, 5.74) is 4.18. The fourth-order valence-corrected chi connectivity index (χ4v) is 5.60. The van der Waals surface area contributed by atoms with Crippen LogP contribution in [0.15, 0.2) is 66.3 Å². The second kappa shape index (κ2) is 8.94. The van der Waals surface area contributed by atoms with Crippen molar-refractivity contribution in [1.29, 1.82) is 0 Å². The van der Waals surface area contributed by atoms with E-state index in [9.17, 15) is 9.59 Å². The van der Waals surface area contributed by atoms with Crippen molar-refractivity contribution in [3.63, 3.8) is 0 Å². The highest BCUT2D eigenvalue weighted by atomic mass is 32.1. The van der Waals surface area contributed by atoms with E-state index in [4.69, 9.17) is 0 Å². The average molecular weight is 486 g/mol. The Morgan fingerprint density at radius 1 is 0.914 bits per heavy atom. The third kappa shape index (κ3) is 4.13. The van der Waals surface area contributed by atoms with Crippen LogP contribution < -0.4 is 0 Å². The SMILES string of the molecule is Cc1ccc(-n2ccc3cc(C(=O)N4CC(N5CCN(C(=O)c6nccs6)CC5)C4)ccc32)cc1. The van der Waals surface area contributed by atoms with E-state index in [1.807, 2.05) is 33.4 Å². The molecule has 2 fully saturated rings. The standard InChI is InChI=1S/C27H27N5O2S/c1-19-2-5-22(6-3-19)32-10-8-20-16-21(4-7-24(20)32)26(33)31-17-23(18-31)29-11-13-30(14-12-29)27(34)25-28-9-15-35-25/h2-10,15-16,23H,11-14,17-18H2,1H3. The zero-order valence-electron chi connectivity index (χ0n) is 19.6. The van der Waals surface area contributed by atoms with Crippen LogP contribution in [0.5, 0.6) is 0 Å². The maximum absolute atomic E-state index is 13.1. The summed E-state index contributed by atoms with van der Waals surface area (Å²) in [5.74, 6) is 0.112. The average Bonchev–Trinajstić information content (AvgIpc) is 3.54. The van der Waals surface area contributed by atoms with Crippen molar-refractivity contribution in [2.24, 2.45) is 0 Å². The molecule has 2 aliphatic heterocycles. The van der Waals surface area contributed by atoms with E-state index in [-0.39, 0.29) is 11.8 Å². The van der Waals surface area contributed by atoms with Crippen molar-refractivity contribution in [3.05, 3.63) is 82.4 Å². The summed E-state index contributed by atoms with van der Waals surface area (Å²) in [4.78, 5) is 36.0. The fraction of sp³-hybridized carbons (Fsp3) is 0.296. The lowest BCUT2D eigenvalue weighted by Gasteiger charge is -2.48. The molecule has 0 bridgehead atoms. The highest BCUT2D eigenvalue weighted by molar-refractivity contribution is 7.11. The van der Waals surface area contributed by atoms with Crippen molar-refractivity contribution in [2.75, 3.05) is 39.3 Å². The molecule has 4 aromatic rings. The predicted molar refractivity (Wildman–Crippen MR) is 137 cm³/mol. The number of benzene rings is 2. The Morgan fingerprint density at radius 2 is 1.69 bits per heavy atom. The van der Waals surface area contributed by atoms with E-state index in [0.29, 0.717) is 24.1 Å². The third-order valence-electron chi connectivity index (χ3n) is 7.13. The van der Waals surface area contributed by atoms with Crippen LogP contribution in [0, 0.1) is 6.92 Å². The molecule has 2 saturated heterocycles. The Kier molecular flexibility index (Phi) is 5.62. The van der Waals surface area contributed by atoms with Crippen LogP contribution in [0.2, 0.25) is 0 Å². The van der Waals surface area contributed by atoms with Crippen molar-refractivity contribution < 1.29 is 9.59 Å². The topological polar surface area (TPSA) is 61.7 Å². The number of hydrogen-bond donors (Lipinski definition) is 0. The Morgan fingerprint density at radius 3 is 2.40 bits per heavy atom. The van der Waals surface area contributed by atoms with Gasteiger partial charge in [0.25, 0.3) is 11.8 Å². The van der Waals surface area contributed by atoms with Gasteiger partial charge < -0.3 is 14.4 Å². The number of piperazine rings is 1. The van der Waals surface area contributed by atoms with Gasteiger partial charge in [-0.1, -0.05) is 17.7 Å². The molecule has 0 atom stereocenters. The highest BCUT2D eigenvalue weighted by Crippen LogP contribution is 2.25. The van der Waals surface area contributed by atoms with E-state index in [1.54, 1.807) is 6.20 Å². The molecule has 35 heavy (non-hydrogen) atoms. The molecule has 0 spiro atoms. The van der Waals surface area contributed by atoms with Gasteiger partial charge in [0.1, 0.15) is 0 Å². The zero-order valence-corrected chi connectivity index (χ0v) is 20.4. The zero-order chi connectivity index (χ0) is 23.9. The molecule has 0 aliphatic carbocycles. The van der Waals surface area contributed by atoms with Gasteiger partial charge in [0.05, 0.1) is 5.52 Å².